The van der Waals surface area contributed by atoms with Gasteiger partial charge in [-0.15, -0.1) is 0 Å². The normalized spacial score (nSPS) is 20.8. The first kappa shape index (κ1) is 22.0. The van der Waals surface area contributed by atoms with E-state index < -0.39 is 11.6 Å². The number of aromatic nitrogens is 2. The van der Waals surface area contributed by atoms with Crippen LogP contribution < -0.4 is 15.4 Å². The lowest BCUT2D eigenvalue weighted by molar-refractivity contribution is -0.122. The van der Waals surface area contributed by atoms with Crippen LogP contribution in [0.15, 0.2) is 42.6 Å². The number of rotatable bonds is 6. The SMILES string of the molecule is COc1ccc(-c2cn(CC(=O)NC3CC4CCC3N4)nc2-c2ccc(C#N)c(F)c2)cc1F. The number of nitriles is 1. The molecule has 0 radical (unpaired) electrons. The number of nitrogens with zero attached hydrogens (tertiary/aromatic N) is 3. The number of hydrogen-bond acceptors (Lipinski definition) is 5. The maximum atomic E-state index is 14.4. The smallest absolute Gasteiger partial charge is 0.242 e. The lowest BCUT2D eigenvalue weighted by atomic mass is 9.95. The molecule has 7 nitrogen and oxygen atoms in total. The zero-order valence-electron chi connectivity index (χ0n) is 18.5. The summed E-state index contributed by atoms with van der Waals surface area (Å²) in [6.45, 7) is -0.0295. The highest BCUT2D eigenvalue weighted by Gasteiger charge is 2.39. The maximum absolute atomic E-state index is 14.4. The van der Waals surface area contributed by atoms with E-state index in [2.05, 4.69) is 15.7 Å². The lowest BCUT2D eigenvalue weighted by Gasteiger charge is -2.21. The number of nitrogens with one attached hydrogen (secondary N) is 2. The first-order valence-electron chi connectivity index (χ1n) is 11.1. The molecule has 34 heavy (non-hydrogen) atoms. The minimum absolute atomic E-state index is 0.0295. The molecular formula is C25H23F2N5O2. The molecule has 0 spiro atoms. The number of carbonyl (C=O) groups excluding carboxylic acids is 1. The maximum Gasteiger partial charge on any atom is 0.242 e. The number of methoxy groups -OCH3 is 1. The number of benzene rings is 2. The quantitative estimate of drug-likeness (QED) is 0.585. The fourth-order valence-corrected chi connectivity index (χ4v) is 4.90. The van der Waals surface area contributed by atoms with E-state index >= 15 is 0 Å². The molecule has 3 heterocycles. The van der Waals surface area contributed by atoms with Crippen molar-refractivity contribution in [2.45, 2.75) is 43.9 Å². The molecular weight excluding hydrogens is 440 g/mol. The van der Waals surface area contributed by atoms with Gasteiger partial charge in [-0.3, -0.25) is 9.48 Å². The number of carbonyl (C=O) groups is 1. The third kappa shape index (κ3) is 4.13. The Morgan fingerprint density at radius 3 is 2.68 bits per heavy atom. The fraction of sp³-hybridized carbons (Fsp3) is 0.320. The van der Waals surface area contributed by atoms with E-state index in [1.807, 2.05) is 0 Å². The Kier molecular flexibility index (Phi) is 5.75. The number of hydrogen-bond donors (Lipinski definition) is 2. The summed E-state index contributed by atoms with van der Waals surface area (Å²) in [5.74, 6) is -1.30. The van der Waals surface area contributed by atoms with Crippen LogP contribution in [0.5, 0.6) is 5.75 Å². The molecule has 0 saturated carbocycles. The van der Waals surface area contributed by atoms with E-state index in [1.165, 1.54) is 36.1 Å². The van der Waals surface area contributed by atoms with Gasteiger partial charge in [0, 0.05) is 35.4 Å². The van der Waals surface area contributed by atoms with Gasteiger partial charge in [-0.2, -0.15) is 10.4 Å². The van der Waals surface area contributed by atoms with Crippen LogP contribution in [0.2, 0.25) is 0 Å². The zero-order valence-corrected chi connectivity index (χ0v) is 18.5. The van der Waals surface area contributed by atoms with Gasteiger partial charge in [-0.1, -0.05) is 12.1 Å². The van der Waals surface area contributed by atoms with Crippen LogP contribution in [0.25, 0.3) is 22.4 Å². The molecule has 2 N–H and O–H groups in total. The highest BCUT2D eigenvalue weighted by Crippen LogP contribution is 2.34. The second-order valence-corrected chi connectivity index (χ2v) is 8.70. The van der Waals surface area contributed by atoms with E-state index in [4.69, 9.17) is 10.00 Å². The topological polar surface area (TPSA) is 92.0 Å². The predicted octanol–water partition coefficient (Wildman–Crippen LogP) is 3.38. The van der Waals surface area contributed by atoms with E-state index in [0.717, 1.165) is 19.3 Å². The molecule has 174 valence electrons. The van der Waals surface area contributed by atoms with Crippen molar-refractivity contribution in [3.63, 3.8) is 0 Å². The average molecular weight is 463 g/mol. The van der Waals surface area contributed by atoms with Gasteiger partial charge in [-0.25, -0.2) is 8.78 Å². The first-order valence-corrected chi connectivity index (χ1v) is 11.1. The molecule has 2 fully saturated rings. The Morgan fingerprint density at radius 2 is 2.03 bits per heavy atom. The van der Waals surface area contributed by atoms with Crippen molar-refractivity contribution in [1.29, 1.82) is 5.26 Å². The van der Waals surface area contributed by atoms with Crippen LogP contribution >= 0.6 is 0 Å². The largest absolute Gasteiger partial charge is 0.494 e. The van der Waals surface area contributed by atoms with E-state index in [0.29, 0.717) is 34.5 Å². The number of fused-ring (bicyclic) bond motifs is 2. The van der Waals surface area contributed by atoms with Crippen molar-refractivity contribution in [2.75, 3.05) is 7.11 Å². The second-order valence-electron chi connectivity index (χ2n) is 8.70. The Bertz CT molecular complexity index is 1300. The summed E-state index contributed by atoms with van der Waals surface area (Å²) in [6.07, 6.45) is 4.76. The van der Waals surface area contributed by atoms with E-state index in [9.17, 15) is 13.6 Å². The van der Waals surface area contributed by atoms with Crippen LogP contribution in [0.1, 0.15) is 24.8 Å². The summed E-state index contributed by atoms with van der Waals surface area (Å²) in [5, 5.41) is 20.1. The summed E-state index contributed by atoms with van der Waals surface area (Å²) >= 11 is 0. The average Bonchev–Trinajstić information content (AvgIpc) is 3.55. The van der Waals surface area contributed by atoms with Crippen molar-refractivity contribution in [1.82, 2.24) is 20.4 Å². The molecule has 1 aromatic heterocycles. The molecule has 3 unspecified atom stereocenters. The Hall–Kier alpha value is -3.77. The third-order valence-corrected chi connectivity index (χ3v) is 6.54. The molecule has 5 rings (SSSR count). The monoisotopic (exact) mass is 463 g/mol. The van der Waals surface area contributed by atoms with E-state index in [-0.39, 0.29) is 29.8 Å². The van der Waals surface area contributed by atoms with Crippen LogP contribution in [-0.2, 0) is 11.3 Å². The van der Waals surface area contributed by atoms with Crippen LogP contribution in [0.4, 0.5) is 8.78 Å². The molecule has 2 saturated heterocycles. The zero-order chi connectivity index (χ0) is 23.8. The molecule has 1 amide bonds. The third-order valence-electron chi connectivity index (χ3n) is 6.54. The second kappa shape index (κ2) is 8.88. The van der Waals surface area contributed by atoms with Gasteiger partial charge in [0.05, 0.1) is 12.7 Å². The van der Waals surface area contributed by atoms with Crippen molar-refractivity contribution in [3.8, 4) is 34.2 Å². The molecule has 2 aliphatic heterocycles. The highest BCUT2D eigenvalue weighted by atomic mass is 19.1. The highest BCUT2D eigenvalue weighted by molar-refractivity contribution is 5.82. The van der Waals surface area contributed by atoms with Gasteiger partial charge >= 0.3 is 0 Å². The number of halogens is 2. The van der Waals surface area contributed by atoms with Crippen molar-refractivity contribution in [2.24, 2.45) is 0 Å². The minimum atomic E-state index is -0.678. The summed E-state index contributed by atoms with van der Waals surface area (Å²) in [6, 6.07) is 11.3. The first-order chi connectivity index (χ1) is 16.4. The Labute approximate surface area is 195 Å². The molecule has 3 atom stereocenters. The number of amides is 1. The molecule has 2 bridgehead atoms. The standard InChI is InChI=1S/C25H23F2N5O2/c1-34-23-7-4-14(8-20(23)27)18-12-32(13-24(33)30-22-10-17-5-6-21(22)29-17)31-25(18)15-2-3-16(11-28)19(26)9-15/h2-4,7-9,12,17,21-22,29H,5-6,10,13H2,1H3,(H,30,33). The van der Waals surface area contributed by atoms with Gasteiger partial charge in [0.15, 0.2) is 11.6 Å². The molecule has 2 aromatic carbocycles. The minimum Gasteiger partial charge on any atom is -0.494 e. The summed E-state index contributed by atoms with van der Waals surface area (Å²) in [7, 11) is 1.38. The van der Waals surface area contributed by atoms with Crippen LogP contribution in [-0.4, -0.2) is 40.9 Å². The lowest BCUT2D eigenvalue weighted by Crippen LogP contribution is -2.44. The predicted molar refractivity (Wildman–Crippen MR) is 121 cm³/mol. The van der Waals surface area contributed by atoms with Gasteiger partial charge in [0.25, 0.3) is 0 Å². The molecule has 2 aliphatic rings. The Balaban J connectivity index is 1.46. The molecule has 3 aromatic rings. The van der Waals surface area contributed by atoms with Crippen LogP contribution in [0.3, 0.4) is 0 Å². The van der Waals surface area contributed by atoms with Crippen molar-refractivity contribution < 1.29 is 18.3 Å². The molecule has 0 aliphatic carbocycles. The summed E-state index contributed by atoms with van der Waals surface area (Å²) in [5.41, 5.74) is 1.74. The van der Waals surface area contributed by atoms with E-state index in [1.54, 1.807) is 24.4 Å². The number of ether oxygens (including phenoxy) is 1. The van der Waals surface area contributed by atoms with Gasteiger partial charge < -0.3 is 15.4 Å². The van der Waals surface area contributed by atoms with Crippen molar-refractivity contribution in [3.05, 3.63) is 59.8 Å². The van der Waals surface area contributed by atoms with Crippen molar-refractivity contribution >= 4 is 5.91 Å². The van der Waals surface area contributed by atoms with Crippen LogP contribution in [0, 0.1) is 23.0 Å². The fourth-order valence-electron chi connectivity index (χ4n) is 4.90. The van der Waals surface area contributed by atoms with Gasteiger partial charge in [0.2, 0.25) is 5.91 Å². The van der Waals surface area contributed by atoms with Gasteiger partial charge in [0.1, 0.15) is 24.1 Å². The summed E-state index contributed by atoms with van der Waals surface area (Å²) < 4.78 is 35.3. The summed E-state index contributed by atoms with van der Waals surface area (Å²) in [4.78, 5) is 12.7. The Morgan fingerprint density at radius 1 is 1.24 bits per heavy atom. The molecule has 9 heteroatoms. The van der Waals surface area contributed by atoms with Gasteiger partial charge in [-0.05, 0) is 49.1 Å².